The van der Waals surface area contributed by atoms with E-state index in [0.717, 1.165) is 58.5 Å². The highest BCUT2D eigenvalue weighted by atomic mass is 16.1. The molecule has 0 fully saturated rings. The third kappa shape index (κ3) is 4.84. The van der Waals surface area contributed by atoms with Gasteiger partial charge in [0.2, 0.25) is 0 Å². The van der Waals surface area contributed by atoms with Gasteiger partial charge in [0.25, 0.3) is 5.56 Å². The van der Waals surface area contributed by atoms with Gasteiger partial charge in [0, 0.05) is 12.0 Å². The van der Waals surface area contributed by atoms with Gasteiger partial charge >= 0.3 is 0 Å². The molecule has 0 bridgehead atoms. The Morgan fingerprint density at radius 3 is 2.32 bits per heavy atom. The van der Waals surface area contributed by atoms with Gasteiger partial charge < -0.3 is 0 Å². The van der Waals surface area contributed by atoms with Gasteiger partial charge in [-0.15, -0.1) is 0 Å². The predicted octanol–water partition coefficient (Wildman–Crippen LogP) is 6.32. The Morgan fingerprint density at radius 2 is 1.65 bits per heavy atom. The average molecular weight is 448 g/mol. The number of benzene rings is 3. The standard InChI is InChI=1S/C30H29N3O/c1-4-5-10-29-28(30(34)33(22(3)32-29)26-17-11-21(2)12-18-26)19-23-13-15-24(16-14-23)27-9-7-6-8-25(27)20-31/h6-9,11-18H,4-5,10,19H2,1-3H3. The zero-order valence-electron chi connectivity index (χ0n) is 20.0. The van der Waals surface area contributed by atoms with E-state index in [4.69, 9.17) is 4.98 Å². The summed E-state index contributed by atoms with van der Waals surface area (Å²) in [6.07, 6.45) is 3.37. The Bertz CT molecular complexity index is 1390. The lowest BCUT2D eigenvalue weighted by Crippen LogP contribution is -2.28. The van der Waals surface area contributed by atoms with Crippen LogP contribution in [0.5, 0.6) is 0 Å². The summed E-state index contributed by atoms with van der Waals surface area (Å²) in [5.74, 6) is 0.715. The summed E-state index contributed by atoms with van der Waals surface area (Å²) in [5, 5.41) is 9.42. The SMILES string of the molecule is CCCCc1nc(C)n(-c2ccc(C)cc2)c(=O)c1Cc1ccc(-c2ccccc2C#N)cc1. The van der Waals surface area contributed by atoms with E-state index < -0.39 is 0 Å². The van der Waals surface area contributed by atoms with Crippen molar-refractivity contribution in [3.05, 3.63) is 117 Å². The molecule has 0 aliphatic rings. The van der Waals surface area contributed by atoms with Crippen molar-refractivity contribution >= 4 is 0 Å². The molecule has 0 saturated carbocycles. The normalized spacial score (nSPS) is 10.8. The lowest BCUT2D eigenvalue weighted by molar-refractivity contribution is 0.733. The summed E-state index contributed by atoms with van der Waals surface area (Å²) in [6.45, 7) is 6.09. The third-order valence-corrected chi connectivity index (χ3v) is 6.18. The zero-order chi connectivity index (χ0) is 24.1. The number of hydrogen-bond acceptors (Lipinski definition) is 3. The van der Waals surface area contributed by atoms with Crippen LogP contribution in [0.1, 0.15) is 53.5 Å². The molecule has 0 radical (unpaired) electrons. The molecule has 0 amide bonds. The van der Waals surface area contributed by atoms with E-state index in [0.29, 0.717) is 17.8 Å². The van der Waals surface area contributed by atoms with Crippen LogP contribution in [0.3, 0.4) is 0 Å². The molecule has 1 aromatic heterocycles. The molecule has 4 nitrogen and oxygen atoms in total. The van der Waals surface area contributed by atoms with E-state index in [1.54, 1.807) is 4.57 Å². The van der Waals surface area contributed by atoms with Crippen molar-refractivity contribution in [2.24, 2.45) is 0 Å². The second kappa shape index (κ2) is 10.3. The second-order valence-corrected chi connectivity index (χ2v) is 8.70. The van der Waals surface area contributed by atoms with E-state index in [9.17, 15) is 10.1 Å². The summed E-state index contributed by atoms with van der Waals surface area (Å²) in [4.78, 5) is 18.6. The number of unbranched alkanes of at least 4 members (excludes halogenated alkanes) is 1. The Balaban J connectivity index is 1.74. The van der Waals surface area contributed by atoms with Crippen LogP contribution in [0.2, 0.25) is 0 Å². The molecule has 0 aliphatic carbocycles. The van der Waals surface area contributed by atoms with Crippen molar-refractivity contribution in [1.29, 1.82) is 5.26 Å². The molecular weight excluding hydrogens is 418 g/mol. The smallest absolute Gasteiger partial charge is 0.261 e. The van der Waals surface area contributed by atoms with Crippen molar-refractivity contribution in [3.63, 3.8) is 0 Å². The van der Waals surface area contributed by atoms with Gasteiger partial charge in [0.1, 0.15) is 5.82 Å². The Hall–Kier alpha value is -3.97. The van der Waals surface area contributed by atoms with Crippen molar-refractivity contribution in [3.8, 4) is 22.9 Å². The minimum Gasteiger partial charge on any atom is -0.269 e. The highest BCUT2D eigenvalue weighted by Crippen LogP contribution is 2.24. The fourth-order valence-electron chi connectivity index (χ4n) is 4.28. The average Bonchev–Trinajstić information content (AvgIpc) is 2.86. The van der Waals surface area contributed by atoms with Crippen LogP contribution < -0.4 is 5.56 Å². The molecule has 0 aliphatic heterocycles. The fourth-order valence-corrected chi connectivity index (χ4v) is 4.28. The molecule has 170 valence electrons. The van der Waals surface area contributed by atoms with Crippen LogP contribution in [0, 0.1) is 25.2 Å². The van der Waals surface area contributed by atoms with Gasteiger partial charge in [-0.3, -0.25) is 9.36 Å². The van der Waals surface area contributed by atoms with Crippen LogP contribution in [0.15, 0.2) is 77.6 Å². The minimum absolute atomic E-state index is 0.00126. The van der Waals surface area contributed by atoms with E-state index in [1.807, 2.05) is 86.6 Å². The van der Waals surface area contributed by atoms with Crippen LogP contribution in [0.25, 0.3) is 16.8 Å². The Kier molecular flexibility index (Phi) is 7.04. The van der Waals surface area contributed by atoms with Crippen LogP contribution in [-0.4, -0.2) is 9.55 Å². The predicted molar refractivity (Wildman–Crippen MR) is 137 cm³/mol. The van der Waals surface area contributed by atoms with E-state index in [1.165, 1.54) is 0 Å². The second-order valence-electron chi connectivity index (χ2n) is 8.70. The summed E-state index contributed by atoms with van der Waals surface area (Å²) >= 11 is 0. The topological polar surface area (TPSA) is 58.7 Å². The Morgan fingerprint density at radius 1 is 0.941 bits per heavy atom. The maximum atomic E-state index is 13.7. The van der Waals surface area contributed by atoms with Gasteiger partial charge in [0.05, 0.1) is 23.0 Å². The van der Waals surface area contributed by atoms with Crippen LogP contribution in [-0.2, 0) is 12.8 Å². The van der Waals surface area contributed by atoms with Gasteiger partial charge in [-0.25, -0.2) is 4.98 Å². The molecule has 0 atom stereocenters. The molecule has 34 heavy (non-hydrogen) atoms. The number of nitrogens with zero attached hydrogens (tertiary/aromatic N) is 3. The van der Waals surface area contributed by atoms with E-state index in [-0.39, 0.29) is 5.56 Å². The minimum atomic E-state index is 0.00126. The molecule has 0 saturated heterocycles. The van der Waals surface area contributed by atoms with Crippen LogP contribution in [0.4, 0.5) is 0 Å². The summed E-state index contributed by atoms with van der Waals surface area (Å²) in [6, 6.07) is 26.0. The molecule has 4 rings (SSSR count). The maximum absolute atomic E-state index is 13.7. The number of hydrogen-bond donors (Lipinski definition) is 0. The van der Waals surface area contributed by atoms with Gasteiger partial charge in [0.15, 0.2) is 0 Å². The van der Waals surface area contributed by atoms with Gasteiger partial charge in [-0.1, -0.05) is 73.5 Å². The number of rotatable bonds is 7. The first-order valence-corrected chi connectivity index (χ1v) is 11.8. The first-order valence-electron chi connectivity index (χ1n) is 11.8. The van der Waals surface area contributed by atoms with Crippen molar-refractivity contribution in [2.75, 3.05) is 0 Å². The van der Waals surface area contributed by atoms with E-state index >= 15 is 0 Å². The molecule has 0 unspecified atom stereocenters. The highest BCUT2D eigenvalue weighted by molar-refractivity contribution is 5.70. The lowest BCUT2D eigenvalue weighted by atomic mass is 9.96. The summed E-state index contributed by atoms with van der Waals surface area (Å²) in [5.41, 5.74) is 7.26. The van der Waals surface area contributed by atoms with Gasteiger partial charge in [-0.05, 0) is 61.6 Å². The zero-order valence-corrected chi connectivity index (χ0v) is 20.0. The molecule has 4 aromatic rings. The number of aromatic nitrogens is 2. The largest absolute Gasteiger partial charge is 0.269 e. The number of aryl methyl sites for hydroxylation is 3. The molecule has 1 heterocycles. The molecule has 4 heteroatoms. The number of nitriles is 1. The van der Waals surface area contributed by atoms with Crippen molar-refractivity contribution < 1.29 is 0 Å². The summed E-state index contributed by atoms with van der Waals surface area (Å²) < 4.78 is 1.72. The fraction of sp³-hybridized carbons (Fsp3) is 0.233. The monoisotopic (exact) mass is 447 g/mol. The molecular formula is C30H29N3O. The highest BCUT2D eigenvalue weighted by Gasteiger charge is 2.16. The van der Waals surface area contributed by atoms with Crippen molar-refractivity contribution in [2.45, 2.75) is 46.5 Å². The molecule has 0 spiro atoms. The summed E-state index contributed by atoms with van der Waals surface area (Å²) in [7, 11) is 0. The first kappa shape index (κ1) is 23.2. The Labute approximate surface area is 201 Å². The van der Waals surface area contributed by atoms with Crippen LogP contribution >= 0.6 is 0 Å². The van der Waals surface area contributed by atoms with E-state index in [2.05, 4.69) is 13.0 Å². The van der Waals surface area contributed by atoms with Crippen molar-refractivity contribution in [1.82, 2.24) is 9.55 Å². The third-order valence-electron chi connectivity index (χ3n) is 6.18. The quantitative estimate of drug-likeness (QED) is 0.333. The van der Waals surface area contributed by atoms with Gasteiger partial charge in [-0.2, -0.15) is 5.26 Å². The maximum Gasteiger partial charge on any atom is 0.261 e. The molecule has 0 N–H and O–H groups in total. The molecule has 3 aromatic carbocycles. The first-order chi connectivity index (χ1) is 16.5. The lowest BCUT2D eigenvalue weighted by Gasteiger charge is -2.16.